The number of carbonyl (C=O) groups is 1. The van der Waals surface area contributed by atoms with E-state index in [4.69, 9.17) is 11.6 Å². The Hall–Kier alpha value is -2.50. The molecule has 0 radical (unpaired) electrons. The van der Waals surface area contributed by atoms with E-state index in [1.54, 1.807) is 6.21 Å². The fourth-order valence-corrected chi connectivity index (χ4v) is 4.02. The first-order valence-corrected chi connectivity index (χ1v) is 10.6. The minimum atomic E-state index is -0.270. The zero-order valence-electron chi connectivity index (χ0n) is 16.9. The van der Waals surface area contributed by atoms with Crippen LogP contribution in [0.3, 0.4) is 0 Å². The summed E-state index contributed by atoms with van der Waals surface area (Å²) >= 11 is 7.37. The lowest BCUT2D eigenvalue weighted by Gasteiger charge is -2.10. The molecule has 1 heterocycles. The van der Waals surface area contributed by atoms with Gasteiger partial charge in [0.15, 0.2) is 0 Å². The van der Waals surface area contributed by atoms with E-state index >= 15 is 0 Å². The topological polar surface area (TPSA) is 46.4 Å². The van der Waals surface area contributed by atoms with Crippen LogP contribution in [0.2, 0.25) is 5.02 Å². The summed E-state index contributed by atoms with van der Waals surface area (Å²) < 4.78 is 2.18. The Balaban J connectivity index is 1.65. The van der Waals surface area contributed by atoms with Crippen molar-refractivity contribution in [2.45, 2.75) is 37.8 Å². The number of hydrazone groups is 1. The highest BCUT2D eigenvalue weighted by atomic mass is 35.5. The second kappa shape index (κ2) is 9.33. The van der Waals surface area contributed by atoms with Crippen LogP contribution in [0.25, 0.3) is 5.69 Å². The van der Waals surface area contributed by atoms with Crippen LogP contribution in [0.4, 0.5) is 0 Å². The average molecular weight is 426 g/mol. The Labute approximate surface area is 181 Å². The number of nitrogens with zero attached hydrogens (tertiary/aromatic N) is 2. The van der Waals surface area contributed by atoms with Gasteiger partial charge >= 0.3 is 0 Å². The van der Waals surface area contributed by atoms with Crippen molar-refractivity contribution in [3.63, 3.8) is 0 Å². The molecule has 0 saturated carbocycles. The van der Waals surface area contributed by atoms with Gasteiger partial charge in [-0.3, -0.25) is 4.79 Å². The Morgan fingerprint density at radius 1 is 1.10 bits per heavy atom. The SMILES string of the molecule is Cc1ccc(-n2c(C)cc(/C=N/NC(=O)C(C)Sc3ccc(Cl)cc3)c2C)cc1. The molecule has 3 aromatic rings. The monoisotopic (exact) mass is 425 g/mol. The predicted molar refractivity (Wildman–Crippen MR) is 122 cm³/mol. The third-order valence-electron chi connectivity index (χ3n) is 4.64. The van der Waals surface area contributed by atoms with Gasteiger partial charge in [0.25, 0.3) is 5.91 Å². The molecule has 0 saturated heterocycles. The normalized spacial score (nSPS) is 12.3. The smallest absolute Gasteiger partial charge is 0.253 e. The van der Waals surface area contributed by atoms with E-state index in [0.717, 1.165) is 27.5 Å². The summed E-state index contributed by atoms with van der Waals surface area (Å²) in [6.45, 7) is 8.04. The van der Waals surface area contributed by atoms with Crippen molar-refractivity contribution in [3.05, 3.63) is 82.1 Å². The zero-order valence-corrected chi connectivity index (χ0v) is 18.5. The third kappa shape index (κ3) is 5.31. The first kappa shape index (κ1) is 21.2. The molecule has 1 unspecified atom stereocenters. The second-order valence-corrected chi connectivity index (χ2v) is 8.80. The molecule has 29 heavy (non-hydrogen) atoms. The number of amides is 1. The van der Waals surface area contributed by atoms with Gasteiger partial charge in [-0.05, 0) is 70.2 Å². The maximum Gasteiger partial charge on any atom is 0.253 e. The van der Waals surface area contributed by atoms with Gasteiger partial charge in [-0.1, -0.05) is 29.3 Å². The molecule has 3 rings (SSSR count). The fourth-order valence-electron chi connectivity index (χ4n) is 3.04. The predicted octanol–water partition coefficient (Wildman–Crippen LogP) is 5.69. The van der Waals surface area contributed by atoms with Crippen LogP contribution in [-0.4, -0.2) is 21.9 Å². The van der Waals surface area contributed by atoms with Gasteiger partial charge in [-0.15, -0.1) is 11.8 Å². The molecule has 0 spiro atoms. The molecule has 0 aliphatic heterocycles. The molecule has 0 fully saturated rings. The number of aryl methyl sites for hydroxylation is 2. The fraction of sp³-hybridized carbons (Fsp3) is 0.217. The molecule has 0 aliphatic rings. The third-order valence-corrected chi connectivity index (χ3v) is 6.00. The lowest BCUT2D eigenvalue weighted by molar-refractivity contribution is -0.120. The maximum absolute atomic E-state index is 12.3. The van der Waals surface area contributed by atoms with E-state index in [1.807, 2.05) is 31.2 Å². The number of aromatic nitrogens is 1. The number of rotatable bonds is 6. The van der Waals surface area contributed by atoms with Crippen LogP contribution >= 0.6 is 23.4 Å². The van der Waals surface area contributed by atoms with Gasteiger partial charge in [0.1, 0.15) is 0 Å². The lowest BCUT2D eigenvalue weighted by Crippen LogP contribution is -2.26. The van der Waals surface area contributed by atoms with Crippen molar-refractivity contribution in [2.75, 3.05) is 0 Å². The van der Waals surface area contributed by atoms with E-state index in [2.05, 4.69) is 66.2 Å². The van der Waals surface area contributed by atoms with Gasteiger partial charge in [0.05, 0.1) is 11.5 Å². The van der Waals surface area contributed by atoms with Crippen LogP contribution in [0.15, 0.2) is 64.6 Å². The van der Waals surface area contributed by atoms with E-state index in [-0.39, 0.29) is 11.2 Å². The molecule has 150 valence electrons. The van der Waals surface area contributed by atoms with E-state index in [1.165, 1.54) is 17.3 Å². The van der Waals surface area contributed by atoms with Gasteiger partial charge in [-0.2, -0.15) is 5.10 Å². The van der Waals surface area contributed by atoms with Gasteiger partial charge in [0, 0.05) is 32.6 Å². The molecular weight excluding hydrogens is 402 g/mol. The summed E-state index contributed by atoms with van der Waals surface area (Å²) in [6.07, 6.45) is 1.70. The zero-order chi connectivity index (χ0) is 21.0. The summed E-state index contributed by atoms with van der Waals surface area (Å²) in [5, 5.41) is 4.58. The number of nitrogens with one attached hydrogen (secondary N) is 1. The molecule has 2 aromatic carbocycles. The van der Waals surface area contributed by atoms with Crippen molar-refractivity contribution in [2.24, 2.45) is 5.10 Å². The molecule has 6 heteroatoms. The number of benzene rings is 2. The minimum Gasteiger partial charge on any atom is -0.318 e. The van der Waals surface area contributed by atoms with Gasteiger partial charge in [0.2, 0.25) is 0 Å². The molecule has 1 atom stereocenters. The molecule has 0 aliphatic carbocycles. The molecule has 4 nitrogen and oxygen atoms in total. The first-order valence-electron chi connectivity index (χ1n) is 9.36. The Morgan fingerprint density at radius 3 is 2.41 bits per heavy atom. The lowest BCUT2D eigenvalue weighted by atomic mass is 10.2. The Kier molecular flexibility index (Phi) is 6.83. The molecule has 1 N–H and O–H groups in total. The largest absolute Gasteiger partial charge is 0.318 e. The summed E-state index contributed by atoms with van der Waals surface area (Å²) in [7, 11) is 0. The van der Waals surface area contributed by atoms with Gasteiger partial charge in [-0.25, -0.2) is 5.43 Å². The molecule has 0 bridgehead atoms. The van der Waals surface area contributed by atoms with Crippen molar-refractivity contribution in [1.29, 1.82) is 0 Å². The summed E-state index contributed by atoms with van der Waals surface area (Å²) in [5.74, 6) is -0.145. The maximum atomic E-state index is 12.3. The number of carbonyl (C=O) groups excluding carboxylic acids is 1. The number of thioether (sulfide) groups is 1. The minimum absolute atomic E-state index is 0.145. The second-order valence-electron chi connectivity index (χ2n) is 6.95. The van der Waals surface area contributed by atoms with Gasteiger partial charge < -0.3 is 4.57 Å². The van der Waals surface area contributed by atoms with Crippen molar-refractivity contribution in [1.82, 2.24) is 9.99 Å². The number of halogens is 1. The standard InChI is InChI=1S/C23H24ClN3OS/c1-15-5-9-21(10-6-15)27-16(2)13-19(17(27)3)14-25-26-23(28)18(4)29-22-11-7-20(24)8-12-22/h5-14,18H,1-4H3,(H,26,28)/b25-14+. The van der Waals surface area contributed by atoms with Crippen molar-refractivity contribution < 1.29 is 4.79 Å². The van der Waals surface area contributed by atoms with Crippen LogP contribution in [0.1, 0.15) is 29.4 Å². The highest BCUT2D eigenvalue weighted by Gasteiger charge is 2.14. The van der Waals surface area contributed by atoms with E-state index in [9.17, 15) is 4.79 Å². The first-order chi connectivity index (χ1) is 13.8. The molecule has 1 aromatic heterocycles. The van der Waals surface area contributed by atoms with Crippen molar-refractivity contribution >= 4 is 35.5 Å². The Bertz CT molecular complexity index is 1020. The molecular formula is C23H24ClN3OS. The van der Waals surface area contributed by atoms with Crippen LogP contribution < -0.4 is 5.43 Å². The van der Waals surface area contributed by atoms with Crippen molar-refractivity contribution in [3.8, 4) is 5.69 Å². The summed E-state index contributed by atoms with van der Waals surface area (Å²) in [4.78, 5) is 13.3. The summed E-state index contributed by atoms with van der Waals surface area (Å²) in [5.41, 5.74) is 8.15. The van der Waals surface area contributed by atoms with E-state index in [0.29, 0.717) is 5.02 Å². The number of hydrogen-bond donors (Lipinski definition) is 1. The highest BCUT2D eigenvalue weighted by Crippen LogP contribution is 2.25. The molecule has 1 amide bonds. The average Bonchev–Trinajstić information content (AvgIpc) is 2.97. The Morgan fingerprint density at radius 2 is 1.76 bits per heavy atom. The van der Waals surface area contributed by atoms with Crippen LogP contribution in [0, 0.1) is 20.8 Å². The van der Waals surface area contributed by atoms with Crippen LogP contribution in [0.5, 0.6) is 0 Å². The van der Waals surface area contributed by atoms with E-state index < -0.39 is 0 Å². The number of hydrogen-bond acceptors (Lipinski definition) is 3. The summed E-state index contributed by atoms with van der Waals surface area (Å²) in [6, 6.07) is 17.9. The van der Waals surface area contributed by atoms with Crippen LogP contribution in [-0.2, 0) is 4.79 Å². The highest BCUT2D eigenvalue weighted by molar-refractivity contribution is 8.00. The quantitative estimate of drug-likeness (QED) is 0.313.